The number of sulfonamides is 1. The molecule has 0 saturated heterocycles. The molecule has 14 heavy (non-hydrogen) atoms. The molecule has 1 rings (SSSR count). The first-order valence-electron chi connectivity index (χ1n) is 4.30. The molecule has 0 aliphatic carbocycles. The molecule has 1 aromatic rings. The molecule has 0 spiro atoms. The lowest BCUT2D eigenvalue weighted by Gasteiger charge is -2.03. The van der Waals surface area contributed by atoms with E-state index in [0.717, 1.165) is 12.8 Å². The first-order chi connectivity index (χ1) is 6.58. The van der Waals surface area contributed by atoms with Crippen LogP contribution in [-0.4, -0.2) is 15.0 Å². The Balaban J connectivity index is 2.72. The molecular formula is C8H12BrNO2S2. The van der Waals surface area contributed by atoms with Gasteiger partial charge < -0.3 is 0 Å². The first-order valence-corrected chi connectivity index (χ1v) is 7.46. The molecule has 3 nitrogen and oxygen atoms in total. The number of hydrogen-bond acceptors (Lipinski definition) is 3. The van der Waals surface area contributed by atoms with Crippen LogP contribution >= 0.6 is 27.3 Å². The summed E-state index contributed by atoms with van der Waals surface area (Å²) in [7, 11) is -3.30. The van der Waals surface area contributed by atoms with E-state index in [4.69, 9.17) is 0 Å². The predicted molar refractivity (Wildman–Crippen MR) is 62.1 cm³/mol. The third kappa shape index (κ3) is 3.05. The van der Waals surface area contributed by atoms with Crippen molar-refractivity contribution >= 4 is 37.3 Å². The van der Waals surface area contributed by atoms with Gasteiger partial charge in [0.1, 0.15) is 4.21 Å². The summed E-state index contributed by atoms with van der Waals surface area (Å²) in [5.41, 5.74) is 0. The van der Waals surface area contributed by atoms with Crippen molar-refractivity contribution < 1.29 is 8.42 Å². The summed E-state index contributed by atoms with van der Waals surface area (Å²) in [4.78, 5) is 0. The molecule has 0 bridgehead atoms. The quantitative estimate of drug-likeness (QED) is 0.849. The zero-order chi connectivity index (χ0) is 10.6. The third-order valence-electron chi connectivity index (χ3n) is 1.65. The van der Waals surface area contributed by atoms with Crippen molar-refractivity contribution in [1.29, 1.82) is 0 Å². The van der Waals surface area contributed by atoms with E-state index in [-0.39, 0.29) is 0 Å². The van der Waals surface area contributed by atoms with Crippen LogP contribution in [-0.2, 0) is 10.0 Å². The van der Waals surface area contributed by atoms with Gasteiger partial charge in [-0.25, -0.2) is 13.1 Å². The molecule has 0 saturated carbocycles. The van der Waals surface area contributed by atoms with Crippen LogP contribution in [0.1, 0.15) is 19.8 Å². The topological polar surface area (TPSA) is 46.2 Å². The van der Waals surface area contributed by atoms with Gasteiger partial charge in [-0.2, -0.15) is 0 Å². The Morgan fingerprint density at radius 3 is 2.79 bits per heavy atom. The summed E-state index contributed by atoms with van der Waals surface area (Å²) in [6.07, 6.45) is 1.84. The highest BCUT2D eigenvalue weighted by molar-refractivity contribution is 9.10. The minimum Gasteiger partial charge on any atom is -0.210 e. The SMILES string of the molecule is CCCCNS(=O)(=O)c1sccc1Br. The van der Waals surface area contributed by atoms with Crippen LogP contribution < -0.4 is 4.72 Å². The molecule has 0 aliphatic heterocycles. The summed E-state index contributed by atoms with van der Waals surface area (Å²) >= 11 is 4.42. The van der Waals surface area contributed by atoms with Crippen LogP contribution in [0, 0.1) is 0 Å². The van der Waals surface area contributed by atoms with Crippen LogP contribution in [0.2, 0.25) is 0 Å². The monoisotopic (exact) mass is 297 g/mol. The van der Waals surface area contributed by atoms with Crippen molar-refractivity contribution in [3.05, 3.63) is 15.9 Å². The second-order valence-electron chi connectivity index (χ2n) is 2.81. The van der Waals surface area contributed by atoms with Gasteiger partial charge in [-0.15, -0.1) is 11.3 Å². The molecule has 0 unspecified atom stereocenters. The average Bonchev–Trinajstić information content (AvgIpc) is 2.52. The lowest BCUT2D eigenvalue weighted by atomic mass is 10.3. The second kappa shape index (κ2) is 5.25. The Hall–Kier alpha value is 0.0900. The molecule has 1 heterocycles. The fourth-order valence-electron chi connectivity index (χ4n) is 0.920. The van der Waals surface area contributed by atoms with Gasteiger partial charge in [0.15, 0.2) is 0 Å². The van der Waals surface area contributed by atoms with Crippen molar-refractivity contribution in [1.82, 2.24) is 4.72 Å². The Morgan fingerprint density at radius 1 is 1.57 bits per heavy atom. The van der Waals surface area contributed by atoms with E-state index in [2.05, 4.69) is 20.7 Å². The van der Waals surface area contributed by atoms with Gasteiger partial charge in [-0.1, -0.05) is 13.3 Å². The van der Waals surface area contributed by atoms with E-state index in [1.807, 2.05) is 6.92 Å². The van der Waals surface area contributed by atoms with Crippen LogP contribution in [0.25, 0.3) is 0 Å². The summed E-state index contributed by atoms with van der Waals surface area (Å²) in [6, 6.07) is 1.74. The smallest absolute Gasteiger partial charge is 0.210 e. The van der Waals surface area contributed by atoms with Crippen LogP contribution in [0.15, 0.2) is 20.1 Å². The molecule has 80 valence electrons. The number of rotatable bonds is 5. The van der Waals surface area contributed by atoms with E-state index < -0.39 is 10.0 Å². The highest BCUT2D eigenvalue weighted by Gasteiger charge is 2.17. The van der Waals surface area contributed by atoms with Crippen LogP contribution in [0.4, 0.5) is 0 Å². The molecule has 0 amide bonds. The van der Waals surface area contributed by atoms with Crippen molar-refractivity contribution in [2.24, 2.45) is 0 Å². The molecule has 1 N–H and O–H groups in total. The molecule has 6 heteroatoms. The summed E-state index contributed by atoms with van der Waals surface area (Å²) < 4.78 is 26.9. The summed E-state index contributed by atoms with van der Waals surface area (Å²) in [6.45, 7) is 2.53. The molecule has 0 radical (unpaired) electrons. The van der Waals surface area contributed by atoms with E-state index >= 15 is 0 Å². The van der Waals surface area contributed by atoms with Gasteiger partial charge in [0.2, 0.25) is 0 Å². The number of hydrogen-bond donors (Lipinski definition) is 1. The van der Waals surface area contributed by atoms with Gasteiger partial charge in [0.05, 0.1) is 0 Å². The highest BCUT2D eigenvalue weighted by atomic mass is 79.9. The minimum absolute atomic E-state index is 0.355. The minimum atomic E-state index is -3.30. The van der Waals surface area contributed by atoms with Gasteiger partial charge in [0.25, 0.3) is 10.0 Å². The molecule has 0 atom stereocenters. The largest absolute Gasteiger partial charge is 0.251 e. The Bertz CT molecular complexity index is 386. The molecule has 0 aromatic carbocycles. The van der Waals surface area contributed by atoms with Gasteiger partial charge in [0, 0.05) is 11.0 Å². The van der Waals surface area contributed by atoms with Crippen molar-refractivity contribution in [3.8, 4) is 0 Å². The average molecular weight is 298 g/mol. The molecule has 0 fully saturated rings. The maximum Gasteiger partial charge on any atom is 0.251 e. The fourth-order valence-corrected chi connectivity index (χ4v) is 4.37. The van der Waals surface area contributed by atoms with Crippen molar-refractivity contribution in [2.75, 3.05) is 6.54 Å². The van der Waals surface area contributed by atoms with E-state index in [9.17, 15) is 8.42 Å². The van der Waals surface area contributed by atoms with Gasteiger partial charge in [-0.05, 0) is 33.8 Å². The van der Waals surface area contributed by atoms with E-state index in [1.165, 1.54) is 11.3 Å². The lowest BCUT2D eigenvalue weighted by molar-refractivity contribution is 0.580. The normalized spacial score (nSPS) is 11.9. The number of thiophene rings is 1. The van der Waals surface area contributed by atoms with Gasteiger partial charge >= 0.3 is 0 Å². The second-order valence-corrected chi connectivity index (χ2v) is 6.54. The van der Waals surface area contributed by atoms with Gasteiger partial charge in [-0.3, -0.25) is 0 Å². The number of halogens is 1. The summed E-state index contributed by atoms with van der Waals surface area (Å²) in [5, 5.41) is 1.75. The van der Waals surface area contributed by atoms with Crippen LogP contribution in [0.5, 0.6) is 0 Å². The summed E-state index contributed by atoms with van der Waals surface area (Å²) in [5.74, 6) is 0. The molecule has 1 aromatic heterocycles. The number of unbranched alkanes of at least 4 members (excludes halogenated alkanes) is 1. The van der Waals surface area contributed by atoms with E-state index in [1.54, 1.807) is 11.4 Å². The zero-order valence-corrected chi connectivity index (χ0v) is 11.0. The third-order valence-corrected chi connectivity index (χ3v) is 5.78. The highest BCUT2D eigenvalue weighted by Crippen LogP contribution is 2.27. The fraction of sp³-hybridized carbons (Fsp3) is 0.500. The van der Waals surface area contributed by atoms with Crippen molar-refractivity contribution in [3.63, 3.8) is 0 Å². The van der Waals surface area contributed by atoms with E-state index in [0.29, 0.717) is 15.2 Å². The molecular weight excluding hydrogens is 286 g/mol. The molecule has 0 aliphatic rings. The maximum atomic E-state index is 11.7. The standard InChI is InChI=1S/C8H12BrNO2S2/c1-2-3-5-10-14(11,12)8-7(9)4-6-13-8/h4,6,10H,2-3,5H2,1H3. The lowest BCUT2D eigenvalue weighted by Crippen LogP contribution is -2.24. The Kier molecular flexibility index (Phi) is 4.56. The first kappa shape index (κ1) is 12.2. The number of nitrogens with one attached hydrogen (secondary N) is 1. The maximum absolute atomic E-state index is 11.7. The van der Waals surface area contributed by atoms with Crippen molar-refractivity contribution in [2.45, 2.75) is 24.0 Å². The van der Waals surface area contributed by atoms with Crippen LogP contribution in [0.3, 0.4) is 0 Å². The Labute approximate surface area is 96.7 Å². The Morgan fingerprint density at radius 2 is 2.29 bits per heavy atom. The predicted octanol–water partition coefficient (Wildman–Crippen LogP) is 2.59. The zero-order valence-electron chi connectivity index (χ0n) is 7.79.